The Morgan fingerprint density at radius 2 is 1.81 bits per heavy atom. The zero-order chi connectivity index (χ0) is 15.2. The van der Waals surface area contributed by atoms with Crippen molar-refractivity contribution in [3.05, 3.63) is 59.1 Å². The molecule has 0 aliphatic heterocycles. The Bertz CT molecular complexity index is 596. The van der Waals surface area contributed by atoms with Gasteiger partial charge in [-0.3, -0.25) is 4.79 Å². The molecule has 0 aromatic heterocycles. The summed E-state index contributed by atoms with van der Waals surface area (Å²) >= 11 is 5.80. The van der Waals surface area contributed by atoms with E-state index in [0.29, 0.717) is 16.5 Å². The Balaban J connectivity index is 1.90. The smallest absolute Gasteiger partial charge is 0.221 e. The number of carbonyl (C=O) groups is 1. The fourth-order valence-electron chi connectivity index (χ4n) is 1.79. The second-order valence-electron chi connectivity index (χ2n) is 4.58. The van der Waals surface area contributed by atoms with Crippen LogP contribution < -0.4 is 10.1 Å². The van der Waals surface area contributed by atoms with Crippen LogP contribution >= 0.6 is 11.6 Å². The molecule has 2 rings (SSSR count). The lowest BCUT2D eigenvalue weighted by atomic mass is 10.1. The summed E-state index contributed by atoms with van der Waals surface area (Å²) < 4.78 is 5.52. The van der Waals surface area contributed by atoms with Gasteiger partial charge in [-0.1, -0.05) is 23.7 Å². The van der Waals surface area contributed by atoms with Gasteiger partial charge in [0, 0.05) is 17.6 Å². The monoisotopic (exact) mass is 305 g/mol. The summed E-state index contributed by atoms with van der Waals surface area (Å²) in [6.45, 7) is 1.59. The van der Waals surface area contributed by atoms with Crippen molar-refractivity contribution in [2.24, 2.45) is 0 Å². The summed E-state index contributed by atoms with van der Waals surface area (Å²) in [5.74, 6) is 0.499. The maximum absolute atomic E-state index is 10.9. The second kappa shape index (κ2) is 7.11. The van der Waals surface area contributed by atoms with Crippen molar-refractivity contribution < 1.29 is 14.6 Å². The molecule has 1 unspecified atom stereocenters. The molecule has 0 heterocycles. The fraction of sp³-hybridized carbons (Fsp3) is 0.188. The largest absolute Gasteiger partial charge is 0.491 e. The predicted octanol–water partition coefficient (Wildman–Crippen LogP) is 3.41. The van der Waals surface area contributed by atoms with Crippen LogP contribution in [-0.4, -0.2) is 17.6 Å². The molecule has 4 nitrogen and oxygen atoms in total. The summed E-state index contributed by atoms with van der Waals surface area (Å²) in [4.78, 5) is 10.9. The number of amides is 1. The van der Waals surface area contributed by atoms with Gasteiger partial charge < -0.3 is 15.2 Å². The molecule has 0 aliphatic rings. The Kier molecular flexibility index (Phi) is 5.20. The molecule has 21 heavy (non-hydrogen) atoms. The molecule has 0 fully saturated rings. The van der Waals surface area contributed by atoms with Gasteiger partial charge in [0.1, 0.15) is 18.5 Å². The minimum absolute atomic E-state index is 0.123. The van der Waals surface area contributed by atoms with E-state index in [1.54, 1.807) is 48.5 Å². The van der Waals surface area contributed by atoms with Crippen LogP contribution in [0, 0.1) is 0 Å². The molecule has 0 radical (unpaired) electrons. The average molecular weight is 306 g/mol. The molecule has 1 amide bonds. The van der Waals surface area contributed by atoms with Crippen LogP contribution in [0.4, 0.5) is 5.69 Å². The molecule has 0 saturated carbocycles. The van der Waals surface area contributed by atoms with E-state index in [1.165, 1.54) is 6.92 Å². The van der Waals surface area contributed by atoms with Gasteiger partial charge in [0.05, 0.1) is 0 Å². The predicted molar refractivity (Wildman–Crippen MR) is 82.7 cm³/mol. The van der Waals surface area contributed by atoms with E-state index in [0.717, 1.165) is 5.56 Å². The maximum atomic E-state index is 10.9. The van der Waals surface area contributed by atoms with Gasteiger partial charge in [0.25, 0.3) is 0 Å². The van der Waals surface area contributed by atoms with Gasteiger partial charge in [-0.15, -0.1) is 0 Å². The number of aliphatic hydroxyl groups excluding tert-OH is 1. The van der Waals surface area contributed by atoms with Crippen molar-refractivity contribution in [1.82, 2.24) is 0 Å². The summed E-state index contributed by atoms with van der Waals surface area (Å²) in [6, 6.07) is 13.9. The molecule has 1 atom stereocenters. The fourth-order valence-corrected chi connectivity index (χ4v) is 1.92. The number of rotatable bonds is 5. The zero-order valence-electron chi connectivity index (χ0n) is 11.5. The van der Waals surface area contributed by atoms with Crippen LogP contribution in [0.15, 0.2) is 48.5 Å². The molecule has 0 aliphatic carbocycles. The number of nitrogens with one attached hydrogen (secondary N) is 1. The second-order valence-corrected chi connectivity index (χ2v) is 5.02. The van der Waals surface area contributed by atoms with Crippen LogP contribution in [0.25, 0.3) is 0 Å². The third-order valence-corrected chi connectivity index (χ3v) is 3.09. The number of benzene rings is 2. The van der Waals surface area contributed by atoms with E-state index >= 15 is 0 Å². The highest BCUT2D eigenvalue weighted by atomic mass is 35.5. The van der Waals surface area contributed by atoms with E-state index < -0.39 is 6.10 Å². The van der Waals surface area contributed by atoms with Crippen molar-refractivity contribution in [1.29, 1.82) is 0 Å². The third kappa shape index (κ3) is 4.77. The third-order valence-electron chi connectivity index (χ3n) is 2.84. The van der Waals surface area contributed by atoms with E-state index in [-0.39, 0.29) is 12.5 Å². The number of carbonyl (C=O) groups excluding carboxylic acids is 1. The quantitative estimate of drug-likeness (QED) is 0.890. The molecule has 0 spiro atoms. The maximum Gasteiger partial charge on any atom is 0.221 e. The first-order valence-corrected chi connectivity index (χ1v) is 6.86. The number of hydrogen-bond acceptors (Lipinski definition) is 3. The summed E-state index contributed by atoms with van der Waals surface area (Å²) in [5, 5.41) is 13.3. The minimum Gasteiger partial charge on any atom is -0.491 e. The lowest BCUT2D eigenvalue weighted by Gasteiger charge is -2.13. The number of anilines is 1. The number of aliphatic hydroxyl groups is 1. The number of hydrogen-bond donors (Lipinski definition) is 2. The molecule has 110 valence electrons. The molecule has 0 saturated heterocycles. The summed E-state index contributed by atoms with van der Waals surface area (Å²) in [5.41, 5.74) is 1.45. The Morgan fingerprint density at radius 1 is 1.19 bits per heavy atom. The zero-order valence-corrected chi connectivity index (χ0v) is 12.3. The van der Waals surface area contributed by atoms with E-state index in [2.05, 4.69) is 5.32 Å². The van der Waals surface area contributed by atoms with Crippen LogP contribution in [0.5, 0.6) is 5.75 Å². The van der Waals surface area contributed by atoms with E-state index in [1.807, 2.05) is 0 Å². The lowest BCUT2D eigenvalue weighted by molar-refractivity contribution is -0.114. The van der Waals surface area contributed by atoms with Gasteiger partial charge in [-0.2, -0.15) is 0 Å². The SMILES string of the molecule is CC(=O)Nc1ccc(OCC(O)c2ccc(Cl)cc2)cc1. The Hall–Kier alpha value is -2.04. The molecular weight excluding hydrogens is 290 g/mol. The first-order valence-electron chi connectivity index (χ1n) is 6.48. The van der Waals surface area contributed by atoms with Crippen LogP contribution in [0.2, 0.25) is 5.02 Å². The van der Waals surface area contributed by atoms with Gasteiger partial charge >= 0.3 is 0 Å². The van der Waals surface area contributed by atoms with Crippen molar-refractivity contribution in [3.63, 3.8) is 0 Å². The van der Waals surface area contributed by atoms with Crippen molar-refractivity contribution >= 4 is 23.2 Å². The molecule has 2 N–H and O–H groups in total. The molecule has 5 heteroatoms. The topological polar surface area (TPSA) is 58.6 Å². The average Bonchev–Trinajstić information content (AvgIpc) is 2.46. The minimum atomic E-state index is -0.725. The molecule has 2 aromatic rings. The van der Waals surface area contributed by atoms with E-state index in [9.17, 15) is 9.90 Å². The Morgan fingerprint density at radius 3 is 2.38 bits per heavy atom. The normalized spacial score (nSPS) is 11.8. The first kappa shape index (κ1) is 15.4. The van der Waals surface area contributed by atoms with Crippen molar-refractivity contribution in [2.75, 3.05) is 11.9 Å². The molecular formula is C16H16ClNO3. The van der Waals surface area contributed by atoms with Crippen LogP contribution in [0.1, 0.15) is 18.6 Å². The lowest BCUT2D eigenvalue weighted by Crippen LogP contribution is -2.09. The molecule has 0 bridgehead atoms. The molecule has 2 aromatic carbocycles. The first-order chi connectivity index (χ1) is 10.0. The number of halogens is 1. The number of ether oxygens (including phenoxy) is 1. The Labute approximate surface area is 128 Å². The van der Waals surface area contributed by atoms with Crippen LogP contribution in [-0.2, 0) is 4.79 Å². The van der Waals surface area contributed by atoms with Crippen molar-refractivity contribution in [3.8, 4) is 5.75 Å². The van der Waals surface area contributed by atoms with Gasteiger partial charge in [0.2, 0.25) is 5.91 Å². The van der Waals surface area contributed by atoms with Gasteiger partial charge in [-0.05, 0) is 42.0 Å². The van der Waals surface area contributed by atoms with E-state index in [4.69, 9.17) is 16.3 Å². The van der Waals surface area contributed by atoms with Gasteiger partial charge in [-0.25, -0.2) is 0 Å². The summed E-state index contributed by atoms with van der Waals surface area (Å²) in [7, 11) is 0. The van der Waals surface area contributed by atoms with Crippen LogP contribution in [0.3, 0.4) is 0 Å². The summed E-state index contributed by atoms with van der Waals surface area (Å²) in [6.07, 6.45) is -0.725. The highest BCUT2D eigenvalue weighted by Crippen LogP contribution is 2.20. The highest BCUT2D eigenvalue weighted by molar-refractivity contribution is 6.30. The highest BCUT2D eigenvalue weighted by Gasteiger charge is 2.08. The van der Waals surface area contributed by atoms with Crippen molar-refractivity contribution in [2.45, 2.75) is 13.0 Å². The standard InChI is InChI=1S/C16H16ClNO3/c1-11(19)18-14-6-8-15(9-7-14)21-10-16(20)12-2-4-13(17)5-3-12/h2-9,16,20H,10H2,1H3,(H,18,19). The van der Waals surface area contributed by atoms with Gasteiger partial charge in [0.15, 0.2) is 0 Å².